The van der Waals surface area contributed by atoms with E-state index in [2.05, 4.69) is 31.2 Å². The van der Waals surface area contributed by atoms with Crippen LogP contribution in [0.5, 0.6) is 0 Å². The van der Waals surface area contributed by atoms with Crippen molar-refractivity contribution in [2.24, 2.45) is 0 Å². The van der Waals surface area contributed by atoms with E-state index in [0.29, 0.717) is 0 Å². The molecule has 0 amide bonds. The monoisotopic (exact) mass is 166 g/mol. The van der Waals surface area contributed by atoms with Crippen molar-refractivity contribution in [3.8, 4) is 0 Å². The third kappa shape index (κ3) is 2.17. The van der Waals surface area contributed by atoms with Crippen LogP contribution in [0, 0.1) is 0 Å². The van der Waals surface area contributed by atoms with Crippen molar-refractivity contribution >= 4 is 15.4 Å². The van der Waals surface area contributed by atoms with Gasteiger partial charge in [-0.15, -0.1) is 0 Å². The Labute approximate surface area is 70.8 Å². The van der Waals surface area contributed by atoms with Crippen LogP contribution in [0.25, 0.3) is 0 Å². The highest BCUT2D eigenvalue weighted by atomic mass is 28.1. The summed E-state index contributed by atoms with van der Waals surface area (Å²) >= 11 is 0. The summed E-state index contributed by atoms with van der Waals surface area (Å²) in [6, 6.07) is 8.60. The van der Waals surface area contributed by atoms with Gasteiger partial charge >= 0.3 is 0 Å². The van der Waals surface area contributed by atoms with E-state index in [9.17, 15) is 0 Å². The largest absolute Gasteiger partial charge is 0.377 e. The Hall–Kier alpha value is -0.603. The Morgan fingerprint density at radius 2 is 1.82 bits per heavy atom. The van der Waals surface area contributed by atoms with Gasteiger partial charge in [-0.05, 0) is 12.5 Å². The summed E-state index contributed by atoms with van der Waals surface area (Å²) < 4.78 is 5.19. The third-order valence-electron chi connectivity index (χ3n) is 1.90. The molecule has 1 aromatic carbocycles. The minimum atomic E-state index is 0.220. The van der Waals surface area contributed by atoms with Crippen LogP contribution in [0.15, 0.2) is 24.3 Å². The molecule has 1 atom stereocenters. The minimum absolute atomic E-state index is 0.220. The second kappa shape index (κ2) is 3.69. The summed E-state index contributed by atoms with van der Waals surface area (Å²) in [4.78, 5) is 0. The smallest absolute Gasteiger partial charge is 0.0793 e. The van der Waals surface area contributed by atoms with Crippen LogP contribution in [0.4, 0.5) is 0 Å². The maximum Gasteiger partial charge on any atom is 0.0793 e. The predicted octanol–water partition coefficient (Wildman–Crippen LogP) is 0.385. The van der Waals surface area contributed by atoms with Crippen molar-refractivity contribution in [2.75, 3.05) is 7.11 Å². The van der Waals surface area contributed by atoms with Crippen LogP contribution in [0.2, 0.25) is 0 Å². The summed E-state index contributed by atoms with van der Waals surface area (Å²) in [6.45, 7) is 2.06. The Morgan fingerprint density at radius 1 is 1.27 bits per heavy atom. The van der Waals surface area contributed by atoms with Gasteiger partial charge in [-0.1, -0.05) is 29.5 Å². The average molecular weight is 166 g/mol. The Balaban J connectivity index is 2.81. The molecule has 0 aromatic heterocycles. The highest BCUT2D eigenvalue weighted by molar-refractivity contribution is 6.32. The Morgan fingerprint density at radius 3 is 2.27 bits per heavy atom. The fourth-order valence-electron chi connectivity index (χ4n) is 0.974. The molecule has 0 heterocycles. The molecule has 11 heavy (non-hydrogen) atoms. The van der Waals surface area contributed by atoms with Gasteiger partial charge in [-0.2, -0.15) is 0 Å². The summed E-state index contributed by atoms with van der Waals surface area (Å²) in [7, 11) is 2.86. The highest BCUT2D eigenvalue weighted by Gasteiger charge is 2.00. The highest BCUT2D eigenvalue weighted by Crippen LogP contribution is 2.12. The van der Waals surface area contributed by atoms with Gasteiger partial charge in [0.1, 0.15) is 0 Å². The van der Waals surface area contributed by atoms with E-state index in [1.807, 2.05) is 0 Å². The van der Waals surface area contributed by atoms with E-state index in [1.165, 1.54) is 10.8 Å². The third-order valence-corrected chi connectivity index (χ3v) is 2.57. The van der Waals surface area contributed by atoms with Crippen LogP contribution in [0.3, 0.4) is 0 Å². The fourth-order valence-corrected chi connectivity index (χ4v) is 1.31. The molecular formula is C9H14OSi. The first-order chi connectivity index (χ1) is 5.24. The van der Waals surface area contributed by atoms with Gasteiger partial charge < -0.3 is 4.74 Å². The lowest BCUT2D eigenvalue weighted by molar-refractivity contribution is 0.119. The second-order valence-corrected chi connectivity index (χ2v) is 3.94. The summed E-state index contributed by atoms with van der Waals surface area (Å²) in [5, 5.41) is 1.43. The van der Waals surface area contributed by atoms with E-state index in [-0.39, 0.29) is 6.10 Å². The van der Waals surface area contributed by atoms with E-state index in [0.717, 1.165) is 10.2 Å². The van der Waals surface area contributed by atoms with Gasteiger partial charge in [0.15, 0.2) is 0 Å². The van der Waals surface area contributed by atoms with Crippen molar-refractivity contribution in [3.05, 3.63) is 29.8 Å². The Kier molecular flexibility index (Phi) is 2.85. The standard InChI is InChI=1S/C9H14OSi/c1-7(10-2)8-3-5-9(11)6-4-8/h3-7H,1-2,11H3. The zero-order chi connectivity index (χ0) is 8.27. The summed E-state index contributed by atoms with van der Waals surface area (Å²) in [5.41, 5.74) is 1.26. The molecule has 0 aliphatic heterocycles. The molecule has 0 N–H and O–H groups in total. The van der Waals surface area contributed by atoms with Crippen molar-refractivity contribution in [1.82, 2.24) is 0 Å². The van der Waals surface area contributed by atoms with E-state index >= 15 is 0 Å². The van der Waals surface area contributed by atoms with Gasteiger partial charge in [-0.25, -0.2) is 0 Å². The molecule has 1 nitrogen and oxygen atoms in total. The zero-order valence-corrected chi connectivity index (χ0v) is 9.29. The molecule has 0 spiro atoms. The van der Waals surface area contributed by atoms with Crippen molar-refractivity contribution in [1.29, 1.82) is 0 Å². The fraction of sp³-hybridized carbons (Fsp3) is 0.333. The topological polar surface area (TPSA) is 9.23 Å². The van der Waals surface area contributed by atoms with E-state index in [1.54, 1.807) is 7.11 Å². The average Bonchev–Trinajstić information content (AvgIpc) is 2.05. The van der Waals surface area contributed by atoms with Crippen LogP contribution in [0.1, 0.15) is 18.6 Å². The van der Waals surface area contributed by atoms with E-state index < -0.39 is 0 Å². The molecular weight excluding hydrogens is 152 g/mol. The molecule has 0 aliphatic carbocycles. The molecule has 0 aliphatic rings. The van der Waals surface area contributed by atoms with Crippen molar-refractivity contribution in [2.45, 2.75) is 13.0 Å². The molecule has 0 radical (unpaired) electrons. The molecule has 0 saturated carbocycles. The van der Waals surface area contributed by atoms with Gasteiger partial charge in [0, 0.05) is 17.4 Å². The van der Waals surface area contributed by atoms with Crippen LogP contribution in [-0.2, 0) is 4.74 Å². The lowest BCUT2D eigenvalue weighted by Crippen LogP contribution is -2.03. The zero-order valence-electron chi connectivity index (χ0n) is 7.29. The molecule has 1 rings (SSSR count). The minimum Gasteiger partial charge on any atom is -0.377 e. The molecule has 1 aromatic rings. The molecule has 0 fully saturated rings. The number of hydrogen-bond donors (Lipinski definition) is 0. The first-order valence-electron chi connectivity index (χ1n) is 3.83. The predicted molar refractivity (Wildman–Crippen MR) is 51.4 cm³/mol. The normalized spacial score (nSPS) is 13.3. The molecule has 1 unspecified atom stereocenters. The second-order valence-electron chi connectivity index (χ2n) is 2.79. The summed E-state index contributed by atoms with van der Waals surface area (Å²) in [6.07, 6.45) is 0.220. The van der Waals surface area contributed by atoms with Gasteiger partial charge in [0.05, 0.1) is 6.10 Å². The summed E-state index contributed by atoms with van der Waals surface area (Å²) in [5.74, 6) is 0. The van der Waals surface area contributed by atoms with E-state index in [4.69, 9.17) is 4.74 Å². The van der Waals surface area contributed by atoms with Gasteiger partial charge in [0.25, 0.3) is 0 Å². The van der Waals surface area contributed by atoms with Crippen LogP contribution in [-0.4, -0.2) is 17.4 Å². The first kappa shape index (κ1) is 8.49. The molecule has 0 bridgehead atoms. The van der Waals surface area contributed by atoms with Gasteiger partial charge in [-0.3, -0.25) is 0 Å². The number of hydrogen-bond acceptors (Lipinski definition) is 1. The first-order valence-corrected chi connectivity index (χ1v) is 4.83. The van der Waals surface area contributed by atoms with Crippen LogP contribution < -0.4 is 5.19 Å². The van der Waals surface area contributed by atoms with Gasteiger partial charge in [0.2, 0.25) is 0 Å². The van der Waals surface area contributed by atoms with Crippen LogP contribution >= 0.6 is 0 Å². The maximum absolute atomic E-state index is 5.19. The SMILES string of the molecule is COC(C)c1ccc([SiH3])cc1. The number of methoxy groups -OCH3 is 1. The quantitative estimate of drug-likeness (QED) is 0.577. The molecule has 2 heteroatoms. The molecule has 0 saturated heterocycles. The molecule has 60 valence electrons. The number of ether oxygens (including phenoxy) is 1. The van der Waals surface area contributed by atoms with Crippen molar-refractivity contribution < 1.29 is 4.74 Å². The lowest BCUT2D eigenvalue weighted by Gasteiger charge is -2.08. The maximum atomic E-state index is 5.19. The lowest BCUT2D eigenvalue weighted by atomic mass is 10.1. The number of rotatable bonds is 2. The number of benzene rings is 1. The Bertz CT molecular complexity index is 218. The van der Waals surface area contributed by atoms with Crippen molar-refractivity contribution in [3.63, 3.8) is 0 Å².